The minimum atomic E-state index is -0.0762. The van der Waals surface area contributed by atoms with Crippen molar-refractivity contribution in [3.63, 3.8) is 0 Å². The second-order valence-corrected chi connectivity index (χ2v) is 16.5. The number of fused-ring (bicyclic) bond motifs is 10. The van der Waals surface area contributed by atoms with Crippen LogP contribution in [0.2, 0.25) is 0 Å². The molecule has 0 atom stereocenters. The molecule has 9 aromatic carbocycles. The summed E-state index contributed by atoms with van der Waals surface area (Å²) in [4.78, 5) is 14.0. The van der Waals surface area contributed by atoms with Crippen molar-refractivity contribution < 1.29 is 0 Å². The van der Waals surface area contributed by atoms with E-state index in [1.54, 1.807) is 12.2 Å². The molecule has 63 heavy (non-hydrogen) atoms. The van der Waals surface area contributed by atoms with Crippen molar-refractivity contribution in [3.8, 4) is 33.6 Å². The smallest absolute Gasteiger partial charge is 0.263 e. The van der Waals surface area contributed by atoms with Gasteiger partial charge < -0.3 is 9.13 Å². The Bertz CT molecular complexity index is 4140. The number of nitrogens with zero attached hydrogens (tertiary/aromatic N) is 3. The average molecular weight is 804 g/mol. The second-order valence-electron chi connectivity index (χ2n) is 16.5. The fourth-order valence-corrected chi connectivity index (χ4v) is 10.6. The molecule has 0 unspecified atom stereocenters. The number of para-hydroxylation sites is 4. The molecule has 0 aliphatic rings. The Kier molecular flexibility index (Phi) is 7.43. The molecule has 0 fully saturated rings. The Morgan fingerprint density at radius 2 is 0.873 bits per heavy atom. The van der Waals surface area contributed by atoms with Crippen LogP contribution in [0, 0.1) is 0 Å². The van der Waals surface area contributed by atoms with Crippen LogP contribution in [0.1, 0.15) is 11.1 Å². The van der Waals surface area contributed by atoms with Gasteiger partial charge in [0.05, 0.1) is 38.8 Å². The van der Waals surface area contributed by atoms with Crippen LogP contribution in [-0.2, 0) is 0 Å². The van der Waals surface area contributed by atoms with Crippen LogP contribution < -0.4 is 5.56 Å². The summed E-state index contributed by atoms with van der Waals surface area (Å²) < 4.78 is 6.65. The lowest BCUT2D eigenvalue weighted by atomic mass is 9.95. The molecule has 13 rings (SSSR count). The van der Waals surface area contributed by atoms with Gasteiger partial charge >= 0.3 is 0 Å². The Labute approximate surface area is 362 Å². The summed E-state index contributed by atoms with van der Waals surface area (Å²) in [5.41, 5.74) is 14.7. The number of hydrogen-bond donors (Lipinski definition) is 0. The van der Waals surface area contributed by atoms with Gasteiger partial charge in [-0.15, -0.1) is 0 Å². The lowest BCUT2D eigenvalue weighted by molar-refractivity contribution is 1.17. The summed E-state index contributed by atoms with van der Waals surface area (Å²) in [6.07, 6.45) is 3.42. The van der Waals surface area contributed by atoms with E-state index in [9.17, 15) is 4.79 Å². The van der Waals surface area contributed by atoms with Crippen molar-refractivity contribution in [1.29, 1.82) is 0 Å². The molecule has 294 valence electrons. The van der Waals surface area contributed by atoms with Gasteiger partial charge in [0.1, 0.15) is 0 Å². The predicted molar refractivity (Wildman–Crippen MR) is 267 cm³/mol. The highest BCUT2D eigenvalue weighted by Gasteiger charge is 2.21. The van der Waals surface area contributed by atoms with Gasteiger partial charge in [-0.05, 0) is 99.9 Å². The van der Waals surface area contributed by atoms with Crippen molar-refractivity contribution in [1.82, 2.24) is 13.5 Å². The summed E-state index contributed by atoms with van der Waals surface area (Å²) in [5.74, 6) is 0. The summed E-state index contributed by atoms with van der Waals surface area (Å²) in [7, 11) is 0. The predicted octanol–water partition coefficient (Wildman–Crippen LogP) is 15.0. The third kappa shape index (κ3) is 4.89. The zero-order valence-corrected chi connectivity index (χ0v) is 34.2. The Balaban J connectivity index is 0.975. The van der Waals surface area contributed by atoms with Crippen LogP contribution in [0.25, 0.3) is 127 Å². The molecule has 0 spiro atoms. The standard InChI is InChI=1S/C59H37N3O/c1-3-40-41(4-2)59(63)62-57-31-27-38(35-51(57)48-22-14-21-47(40)58(48)62)42-28-32-54(44-18-9-8-17-43(42)44)61-53-24-13-11-20-46(53)50-34-37(26-30-56(50)61)36-25-29-55-49(33-36)45-19-10-12-23-52(45)60(55)39-15-6-5-7-16-39/h3-35H,1-2H2. The van der Waals surface area contributed by atoms with E-state index in [4.69, 9.17) is 0 Å². The first-order chi connectivity index (χ1) is 31.1. The zero-order chi connectivity index (χ0) is 41.9. The van der Waals surface area contributed by atoms with Crippen LogP contribution in [0.3, 0.4) is 0 Å². The highest BCUT2D eigenvalue weighted by molar-refractivity contribution is 6.18. The molecule has 4 heteroatoms. The number of rotatable bonds is 6. The normalized spacial score (nSPS) is 12.0. The second kappa shape index (κ2) is 13.3. The molecule has 0 amide bonds. The highest BCUT2D eigenvalue weighted by atomic mass is 16.1. The molecule has 4 nitrogen and oxygen atoms in total. The van der Waals surface area contributed by atoms with E-state index in [0.29, 0.717) is 5.56 Å². The van der Waals surface area contributed by atoms with E-state index < -0.39 is 0 Å². The van der Waals surface area contributed by atoms with Crippen molar-refractivity contribution in [2.75, 3.05) is 0 Å². The molecule has 0 aliphatic heterocycles. The number of aromatic nitrogens is 3. The van der Waals surface area contributed by atoms with E-state index in [1.165, 1.54) is 43.7 Å². The molecule has 4 heterocycles. The van der Waals surface area contributed by atoms with Gasteiger partial charge in [-0.2, -0.15) is 0 Å². The van der Waals surface area contributed by atoms with E-state index in [1.807, 2.05) is 4.40 Å². The zero-order valence-electron chi connectivity index (χ0n) is 34.2. The largest absolute Gasteiger partial charge is 0.309 e. The van der Waals surface area contributed by atoms with Crippen molar-refractivity contribution in [2.45, 2.75) is 0 Å². The molecule has 0 saturated heterocycles. The Morgan fingerprint density at radius 1 is 0.365 bits per heavy atom. The van der Waals surface area contributed by atoms with Crippen LogP contribution in [0.5, 0.6) is 0 Å². The van der Waals surface area contributed by atoms with E-state index in [-0.39, 0.29) is 5.56 Å². The van der Waals surface area contributed by atoms with Crippen LogP contribution >= 0.6 is 0 Å². The lowest BCUT2D eigenvalue weighted by Crippen LogP contribution is -2.17. The number of benzene rings is 9. The van der Waals surface area contributed by atoms with Crippen molar-refractivity contribution >= 4 is 93.7 Å². The summed E-state index contributed by atoms with van der Waals surface area (Å²) in [6.45, 7) is 8.02. The van der Waals surface area contributed by atoms with Gasteiger partial charge in [-0.1, -0.05) is 147 Å². The maximum absolute atomic E-state index is 14.0. The van der Waals surface area contributed by atoms with E-state index in [0.717, 1.165) is 77.1 Å². The molecule has 0 aliphatic carbocycles. The summed E-state index contributed by atoms with van der Waals surface area (Å²) in [6, 6.07) is 67.9. The van der Waals surface area contributed by atoms with Crippen LogP contribution in [0.4, 0.5) is 0 Å². The topological polar surface area (TPSA) is 31.3 Å². The van der Waals surface area contributed by atoms with Crippen molar-refractivity contribution in [2.24, 2.45) is 0 Å². The molecular formula is C59H37N3O. The van der Waals surface area contributed by atoms with E-state index >= 15 is 0 Å². The molecule has 0 saturated carbocycles. The first kappa shape index (κ1) is 35.3. The monoisotopic (exact) mass is 803 g/mol. The first-order valence-electron chi connectivity index (χ1n) is 21.4. The SMILES string of the molecule is C=Cc1c(C=C)c2cccc3c4cc(-c5ccc(-n6c7ccccc7c7cc(-c8ccc9c(c8)c8ccccc8n9-c8ccccc8)ccc76)c6ccccc56)ccc4n(c1=O)c23. The van der Waals surface area contributed by atoms with Gasteiger partial charge in [0.25, 0.3) is 5.56 Å². The lowest BCUT2D eigenvalue weighted by Gasteiger charge is -2.15. The Hall–Kier alpha value is -8.47. The summed E-state index contributed by atoms with van der Waals surface area (Å²) >= 11 is 0. The quantitative estimate of drug-likeness (QED) is 0.165. The number of pyridine rings is 1. The van der Waals surface area contributed by atoms with Crippen LogP contribution in [-0.4, -0.2) is 13.5 Å². The Morgan fingerprint density at radius 3 is 1.57 bits per heavy atom. The molecule has 0 N–H and O–H groups in total. The van der Waals surface area contributed by atoms with Crippen molar-refractivity contribution in [3.05, 3.63) is 223 Å². The highest BCUT2D eigenvalue weighted by Crippen LogP contribution is 2.42. The minimum Gasteiger partial charge on any atom is -0.309 e. The summed E-state index contributed by atoms with van der Waals surface area (Å²) in [5, 5.41) is 10.3. The maximum Gasteiger partial charge on any atom is 0.263 e. The molecular weight excluding hydrogens is 767 g/mol. The third-order valence-corrected chi connectivity index (χ3v) is 13.4. The van der Waals surface area contributed by atoms with Gasteiger partial charge in [-0.25, -0.2) is 0 Å². The third-order valence-electron chi connectivity index (χ3n) is 13.4. The average Bonchev–Trinajstić information content (AvgIpc) is 3.98. The first-order valence-corrected chi connectivity index (χ1v) is 21.4. The number of hydrogen-bond acceptors (Lipinski definition) is 1. The fraction of sp³-hybridized carbons (Fsp3) is 0. The molecule has 4 aromatic heterocycles. The van der Waals surface area contributed by atoms with Gasteiger partial charge in [0.2, 0.25) is 0 Å². The van der Waals surface area contributed by atoms with Crippen LogP contribution in [0.15, 0.2) is 206 Å². The fourth-order valence-electron chi connectivity index (χ4n) is 10.6. The molecule has 0 bridgehead atoms. The van der Waals surface area contributed by atoms with E-state index in [2.05, 4.69) is 210 Å². The van der Waals surface area contributed by atoms with Gasteiger partial charge in [0, 0.05) is 54.3 Å². The minimum absolute atomic E-state index is 0.0762. The van der Waals surface area contributed by atoms with Gasteiger partial charge in [-0.3, -0.25) is 9.20 Å². The molecule has 13 aromatic rings. The molecule has 0 radical (unpaired) electrons. The maximum atomic E-state index is 14.0. The van der Waals surface area contributed by atoms with Gasteiger partial charge in [0.15, 0.2) is 0 Å².